The first-order valence-electron chi connectivity index (χ1n) is 7.24. The molecule has 1 aromatic carbocycles. The molecule has 1 N–H and O–H groups in total. The monoisotopic (exact) mass is 253 g/mol. The molecule has 2 heteroatoms. The summed E-state index contributed by atoms with van der Waals surface area (Å²) >= 11 is 0. The fraction of sp³-hybridized carbons (Fsp3) is 0.412. The standard InChI is InChI=1S/C17H19NO/c1-2-6-14-12(4-1)7-8-15-16(17(14)15)11-18-10-13-5-3-9-19-13/h1-6,9,15-18H,7-8,10-11H2. The third kappa shape index (κ3) is 2.00. The maximum atomic E-state index is 5.35. The lowest BCUT2D eigenvalue weighted by atomic mass is 9.92. The largest absolute Gasteiger partial charge is 0.468 e. The minimum absolute atomic E-state index is 0.814. The molecule has 0 saturated heterocycles. The van der Waals surface area contributed by atoms with Crippen molar-refractivity contribution in [3.63, 3.8) is 0 Å². The van der Waals surface area contributed by atoms with Crippen molar-refractivity contribution < 1.29 is 4.42 Å². The molecule has 2 aliphatic rings. The molecule has 1 heterocycles. The minimum atomic E-state index is 0.814. The Bertz CT molecular complexity index is 560. The highest BCUT2D eigenvalue weighted by molar-refractivity contribution is 5.39. The molecule has 3 atom stereocenters. The lowest BCUT2D eigenvalue weighted by Gasteiger charge is -2.13. The molecule has 2 aliphatic carbocycles. The van der Waals surface area contributed by atoms with Gasteiger partial charge in [-0.1, -0.05) is 24.3 Å². The van der Waals surface area contributed by atoms with Crippen LogP contribution in [0.2, 0.25) is 0 Å². The zero-order valence-electron chi connectivity index (χ0n) is 11.0. The number of rotatable bonds is 4. The second kappa shape index (κ2) is 4.53. The van der Waals surface area contributed by atoms with Crippen LogP contribution in [0, 0.1) is 11.8 Å². The van der Waals surface area contributed by atoms with Crippen LogP contribution in [-0.4, -0.2) is 6.54 Å². The van der Waals surface area contributed by atoms with Crippen LogP contribution in [0.4, 0.5) is 0 Å². The highest BCUT2D eigenvalue weighted by atomic mass is 16.3. The first kappa shape index (κ1) is 11.3. The summed E-state index contributed by atoms with van der Waals surface area (Å²) < 4.78 is 5.35. The van der Waals surface area contributed by atoms with E-state index in [-0.39, 0.29) is 0 Å². The Balaban J connectivity index is 1.38. The van der Waals surface area contributed by atoms with Gasteiger partial charge in [-0.2, -0.15) is 0 Å². The number of furan rings is 1. The molecule has 19 heavy (non-hydrogen) atoms. The Labute approximate surface area is 113 Å². The van der Waals surface area contributed by atoms with Crippen molar-refractivity contribution in [3.05, 3.63) is 59.5 Å². The Kier molecular flexibility index (Phi) is 2.70. The minimum Gasteiger partial charge on any atom is -0.468 e. The van der Waals surface area contributed by atoms with Crippen molar-refractivity contribution in [2.45, 2.75) is 25.3 Å². The number of nitrogens with one attached hydrogen (secondary N) is 1. The average molecular weight is 253 g/mol. The Morgan fingerprint density at radius 2 is 2.11 bits per heavy atom. The van der Waals surface area contributed by atoms with Gasteiger partial charge in [0.2, 0.25) is 0 Å². The maximum Gasteiger partial charge on any atom is 0.117 e. The van der Waals surface area contributed by atoms with Gasteiger partial charge in [0, 0.05) is 0 Å². The van der Waals surface area contributed by atoms with Crippen LogP contribution >= 0.6 is 0 Å². The summed E-state index contributed by atoms with van der Waals surface area (Å²) in [6.07, 6.45) is 4.38. The van der Waals surface area contributed by atoms with E-state index in [1.54, 1.807) is 17.4 Å². The molecule has 0 bridgehead atoms. The fourth-order valence-electron chi connectivity index (χ4n) is 3.76. The lowest BCUT2D eigenvalue weighted by molar-refractivity contribution is 0.473. The van der Waals surface area contributed by atoms with Crippen molar-refractivity contribution in [1.29, 1.82) is 0 Å². The molecule has 0 amide bonds. The molecule has 1 fully saturated rings. The summed E-state index contributed by atoms with van der Waals surface area (Å²) in [4.78, 5) is 0. The van der Waals surface area contributed by atoms with Crippen molar-refractivity contribution in [3.8, 4) is 0 Å². The summed E-state index contributed by atoms with van der Waals surface area (Å²) in [5.41, 5.74) is 3.20. The molecule has 98 valence electrons. The van der Waals surface area contributed by atoms with E-state index in [4.69, 9.17) is 4.42 Å². The quantitative estimate of drug-likeness (QED) is 0.904. The second-order valence-corrected chi connectivity index (χ2v) is 5.80. The van der Waals surface area contributed by atoms with Crippen LogP contribution in [0.25, 0.3) is 0 Å². The van der Waals surface area contributed by atoms with Crippen molar-refractivity contribution >= 4 is 0 Å². The molecule has 4 rings (SSSR count). The number of benzene rings is 1. The zero-order valence-corrected chi connectivity index (χ0v) is 11.0. The van der Waals surface area contributed by atoms with Crippen LogP contribution in [-0.2, 0) is 13.0 Å². The van der Waals surface area contributed by atoms with Gasteiger partial charge in [-0.3, -0.25) is 0 Å². The molecular formula is C17H19NO. The van der Waals surface area contributed by atoms with E-state index in [1.807, 2.05) is 12.1 Å². The van der Waals surface area contributed by atoms with E-state index < -0.39 is 0 Å². The van der Waals surface area contributed by atoms with E-state index in [1.165, 1.54) is 12.8 Å². The highest BCUT2D eigenvalue weighted by Gasteiger charge is 2.52. The SMILES string of the molecule is c1coc(CNCC2C3CCc4ccccc4C32)c1. The van der Waals surface area contributed by atoms with Crippen LogP contribution in [0.3, 0.4) is 0 Å². The van der Waals surface area contributed by atoms with Gasteiger partial charge < -0.3 is 9.73 Å². The van der Waals surface area contributed by atoms with Gasteiger partial charge >= 0.3 is 0 Å². The highest BCUT2D eigenvalue weighted by Crippen LogP contribution is 2.59. The third-order valence-corrected chi connectivity index (χ3v) is 4.75. The fourth-order valence-corrected chi connectivity index (χ4v) is 3.76. The van der Waals surface area contributed by atoms with Gasteiger partial charge in [-0.25, -0.2) is 0 Å². The van der Waals surface area contributed by atoms with Crippen molar-refractivity contribution in [2.75, 3.05) is 6.54 Å². The Hall–Kier alpha value is -1.54. The number of hydrogen-bond donors (Lipinski definition) is 1. The topological polar surface area (TPSA) is 25.2 Å². The summed E-state index contributed by atoms with van der Waals surface area (Å²) in [5, 5.41) is 3.54. The lowest BCUT2D eigenvalue weighted by Crippen LogP contribution is -2.16. The number of hydrogen-bond acceptors (Lipinski definition) is 2. The first-order valence-corrected chi connectivity index (χ1v) is 7.24. The summed E-state index contributed by atoms with van der Waals surface area (Å²) in [6.45, 7) is 1.97. The van der Waals surface area contributed by atoms with Gasteiger partial charge in [0.1, 0.15) is 5.76 Å². The molecule has 1 saturated carbocycles. The van der Waals surface area contributed by atoms with Crippen LogP contribution in [0.15, 0.2) is 47.1 Å². The number of fused-ring (bicyclic) bond motifs is 3. The Morgan fingerprint density at radius 1 is 1.16 bits per heavy atom. The molecular weight excluding hydrogens is 234 g/mol. The molecule has 0 radical (unpaired) electrons. The van der Waals surface area contributed by atoms with Crippen LogP contribution < -0.4 is 5.32 Å². The predicted molar refractivity (Wildman–Crippen MR) is 74.9 cm³/mol. The number of aryl methyl sites for hydroxylation is 1. The summed E-state index contributed by atoms with van der Waals surface area (Å²) in [7, 11) is 0. The van der Waals surface area contributed by atoms with Gasteiger partial charge in [0.15, 0.2) is 0 Å². The third-order valence-electron chi connectivity index (χ3n) is 4.75. The zero-order chi connectivity index (χ0) is 12.7. The van der Waals surface area contributed by atoms with Crippen molar-refractivity contribution in [2.24, 2.45) is 11.8 Å². The molecule has 3 unspecified atom stereocenters. The second-order valence-electron chi connectivity index (χ2n) is 5.80. The van der Waals surface area contributed by atoms with E-state index in [2.05, 4.69) is 29.6 Å². The van der Waals surface area contributed by atoms with Gasteiger partial charge in [-0.15, -0.1) is 0 Å². The molecule has 0 spiro atoms. The molecule has 2 aromatic rings. The average Bonchev–Trinajstić information content (AvgIpc) is 2.91. The van der Waals surface area contributed by atoms with Gasteiger partial charge in [0.05, 0.1) is 12.8 Å². The predicted octanol–water partition coefficient (Wildman–Crippen LogP) is 3.35. The summed E-state index contributed by atoms with van der Waals surface area (Å²) in [6, 6.07) is 13.0. The molecule has 2 nitrogen and oxygen atoms in total. The van der Waals surface area contributed by atoms with Crippen molar-refractivity contribution in [1.82, 2.24) is 5.32 Å². The summed E-state index contributed by atoms with van der Waals surface area (Å²) in [5.74, 6) is 3.59. The smallest absolute Gasteiger partial charge is 0.117 e. The van der Waals surface area contributed by atoms with E-state index in [0.717, 1.165) is 36.6 Å². The Morgan fingerprint density at radius 3 is 3.00 bits per heavy atom. The first-order chi connectivity index (χ1) is 9.43. The van der Waals surface area contributed by atoms with E-state index >= 15 is 0 Å². The van der Waals surface area contributed by atoms with Crippen LogP contribution in [0.5, 0.6) is 0 Å². The van der Waals surface area contributed by atoms with Gasteiger partial charge in [0.25, 0.3) is 0 Å². The van der Waals surface area contributed by atoms with E-state index in [9.17, 15) is 0 Å². The molecule has 0 aliphatic heterocycles. The normalized spacial score (nSPS) is 27.7. The maximum absolute atomic E-state index is 5.35. The molecule has 1 aromatic heterocycles. The van der Waals surface area contributed by atoms with Crippen LogP contribution in [0.1, 0.15) is 29.2 Å². The van der Waals surface area contributed by atoms with E-state index in [0.29, 0.717) is 0 Å². The van der Waals surface area contributed by atoms with Gasteiger partial charge in [-0.05, 0) is 60.4 Å².